The topological polar surface area (TPSA) is 36.1 Å². The van der Waals surface area contributed by atoms with Crippen molar-refractivity contribution in [2.75, 3.05) is 0 Å². The lowest BCUT2D eigenvalue weighted by molar-refractivity contribution is 1.10. The Morgan fingerprint density at radius 1 is 1.25 bits per heavy atom. The maximum atomic E-state index is 9.00. The van der Waals surface area contributed by atoms with Crippen molar-refractivity contribution in [2.45, 2.75) is 26.7 Å². The average molecular weight is 332 g/mol. The van der Waals surface area contributed by atoms with E-state index in [0.29, 0.717) is 0 Å². The third kappa shape index (κ3) is 3.72. The molecular formula is C21H20N2S. The molecule has 0 N–H and O–H groups in total. The van der Waals surface area contributed by atoms with Crippen LogP contribution in [-0.4, -0.2) is 6.21 Å². The minimum atomic E-state index is -0.238. The third-order valence-electron chi connectivity index (χ3n) is 4.23. The molecule has 0 radical (unpaired) electrons. The van der Waals surface area contributed by atoms with Crippen LogP contribution in [0.25, 0.3) is 5.57 Å². The number of aryl methyl sites for hydroxylation is 2. The van der Waals surface area contributed by atoms with E-state index < -0.39 is 0 Å². The maximum Gasteiger partial charge on any atom is 0.0998 e. The Morgan fingerprint density at radius 3 is 2.92 bits per heavy atom. The minimum absolute atomic E-state index is 0.238. The maximum absolute atomic E-state index is 9.00. The summed E-state index contributed by atoms with van der Waals surface area (Å²) in [5.74, 6) is -0.238. The molecular weight excluding hydrogens is 312 g/mol. The van der Waals surface area contributed by atoms with Gasteiger partial charge < -0.3 is 0 Å². The van der Waals surface area contributed by atoms with Crippen LogP contribution < -0.4 is 0 Å². The fraction of sp³-hybridized carbons (Fsp3) is 0.238. The van der Waals surface area contributed by atoms with Crippen LogP contribution in [0.3, 0.4) is 0 Å². The predicted molar refractivity (Wildman–Crippen MR) is 102 cm³/mol. The van der Waals surface area contributed by atoms with Crippen LogP contribution in [0.2, 0.25) is 0 Å². The van der Waals surface area contributed by atoms with Gasteiger partial charge in [-0.15, -0.1) is 11.3 Å². The first-order chi connectivity index (χ1) is 11.7. The lowest BCUT2D eigenvalue weighted by atomic mass is 10.0. The zero-order valence-electron chi connectivity index (χ0n) is 14.0. The molecule has 0 spiro atoms. The second kappa shape index (κ2) is 7.42. The number of rotatable bonds is 4. The van der Waals surface area contributed by atoms with E-state index in [1.807, 2.05) is 18.4 Å². The highest BCUT2D eigenvalue weighted by Gasteiger charge is 2.09. The van der Waals surface area contributed by atoms with E-state index in [-0.39, 0.29) is 5.92 Å². The van der Waals surface area contributed by atoms with Gasteiger partial charge in [0.05, 0.1) is 12.0 Å². The van der Waals surface area contributed by atoms with Gasteiger partial charge in [0.25, 0.3) is 0 Å². The Bertz CT molecular complexity index is 862. The Labute approximate surface area is 147 Å². The molecule has 0 saturated heterocycles. The van der Waals surface area contributed by atoms with Crippen molar-refractivity contribution < 1.29 is 0 Å². The summed E-state index contributed by atoms with van der Waals surface area (Å²) in [6.07, 6.45) is 9.45. The van der Waals surface area contributed by atoms with Crippen LogP contribution in [0.5, 0.6) is 0 Å². The second-order valence-electron chi connectivity index (χ2n) is 5.95. The van der Waals surface area contributed by atoms with Gasteiger partial charge in [-0.2, -0.15) is 5.26 Å². The van der Waals surface area contributed by atoms with Gasteiger partial charge in [-0.05, 0) is 42.2 Å². The van der Waals surface area contributed by atoms with Gasteiger partial charge in [-0.3, -0.25) is 4.99 Å². The number of benzene rings is 1. The molecule has 0 amide bonds. The predicted octanol–water partition coefficient (Wildman–Crippen LogP) is 5.33. The number of nitrogens with zero attached hydrogens (tertiary/aromatic N) is 2. The van der Waals surface area contributed by atoms with E-state index in [0.717, 1.165) is 18.4 Å². The molecule has 3 heteroatoms. The number of aliphatic imine (C=N–C) groups is 1. The molecule has 120 valence electrons. The molecule has 1 aromatic heterocycles. The van der Waals surface area contributed by atoms with E-state index in [9.17, 15) is 0 Å². The fourth-order valence-corrected chi connectivity index (χ4v) is 3.71. The first-order valence-corrected chi connectivity index (χ1v) is 9.00. The van der Waals surface area contributed by atoms with Crippen LogP contribution in [0.1, 0.15) is 33.4 Å². The zero-order valence-corrected chi connectivity index (χ0v) is 14.8. The standard InChI is InChI=1S/C21H20N2S/c1-3-16-5-4-15(2)19(10-16)11-20-8-9-21(24-20)18-7-6-17(12-22)13-23-14-18/h4-10,13-14,17H,3,11H2,1-2H3. The van der Waals surface area contributed by atoms with Crippen LogP contribution in [0.15, 0.2) is 53.7 Å². The largest absolute Gasteiger partial charge is 0.267 e. The van der Waals surface area contributed by atoms with E-state index in [1.165, 1.54) is 26.4 Å². The van der Waals surface area contributed by atoms with Crippen molar-refractivity contribution in [3.8, 4) is 6.07 Å². The zero-order chi connectivity index (χ0) is 16.9. The van der Waals surface area contributed by atoms with Gasteiger partial charge in [-0.25, -0.2) is 0 Å². The van der Waals surface area contributed by atoms with E-state index >= 15 is 0 Å². The van der Waals surface area contributed by atoms with Gasteiger partial charge in [0.2, 0.25) is 0 Å². The van der Waals surface area contributed by atoms with Crippen molar-refractivity contribution in [1.29, 1.82) is 5.26 Å². The Balaban J connectivity index is 1.81. The number of hydrogen-bond acceptors (Lipinski definition) is 3. The molecule has 2 aromatic rings. The number of hydrogen-bond donors (Lipinski definition) is 0. The number of thiophene rings is 1. The minimum Gasteiger partial charge on any atom is -0.267 e. The normalized spacial score (nSPS) is 16.5. The van der Waals surface area contributed by atoms with Crippen molar-refractivity contribution >= 4 is 23.1 Å². The summed E-state index contributed by atoms with van der Waals surface area (Å²) in [5.41, 5.74) is 5.20. The van der Waals surface area contributed by atoms with Crippen LogP contribution in [0.4, 0.5) is 0 Å². The lowest BCUT2D eigenvalue weighted by Gasteiger charge is -2.07. The molecule has 3 rings (SSSR count). The second-order valence-corrected chi connectivity index (χ2v) is 7.12. The molecule has 1 aliphatic rings. The highest BCUT2D eigenvalue weighted by Crippen LogP contribution is 2.29. The first kappa shape index (κ1) is 16.4. The van der Waals surface area contributed by atoms with Crippen LogP contribution >= 0.6 is 11.3 Å². The average Bonchev–Trinajstić information content (AvgIpc) is 2.92. The Morgan fingerprint density at radius 2 is 2.12 bits per heavy atom. The summed E-state index contributed by atoms with van der Waals surface area (Å²) in [6.45, 7) is 4.37. The summed E-state index contributed by atoms with van der Waals surface area (Å²) in [5, 5.41) is 9.00. The molecule has 0 aliphatic carbocycles. The number of allylic oxidation sites excluding steroid dienone is 3. The highest BCUT2D eigenvalue weighted by atomic mass is 32.1. The molecule has 2 heterocycles. The molecule has 1 unspecified atom stereocenters. The summed E-state index contributed by atoms with van der Waals surface area (Å²) in [6, 6.07) is 13.3. The van der Waals surface area contributed by atoms with Crippen LogP contribution in [-0.2, 0) is 12.8 Å². The molecule has 1 aromatic carbocycles. The lowest BCUT2D eigenvalue weighted by Crippen LogP contribution is -1.92. The SMILES string of the molecule is CCc1ccc(C)c(Cc2ccc(C3=CN=CC(C#N)C=C3)s2)c1. The van der Waals surface area contributed by atoms with Gasteiger partial charge in [-0.1, -0.05) is 37.3 Å². The quantitative estimate of drug-likeness (QED) is 0.745. The first-order valence-electron chi connectivity index (χ1n) is 8.18. The summed E-state index contributed by atoms with van der Waals surface area (Å²) >= 11 is 1.80. The van der Waals surface area contributed by atoms with Gasteiger partial charge in [0, 0.05) is 34.2 Å². The number of nitriles is 1. The molecule has 0 fully saturated rings. The van der Waals surface area contributed by atoms with Crippen molar-refractivity contribution in [2.24, 2.45) is 10.9 Å². The fourth-order valence-electron chi connectivity index (χ4n) is 2.69. The molecule has 2 nitrogen and oxygen atoms in total. The Hall–Kier alpha value is -2.44. The van der Waals surface area contributed by atoms with Crippen LogP contribution in [0, 0.1) is 24.2 Å². The summed E-state index contributed by atoms with van der Waals surface area (Å²) in [7, 11) is 0. The summed E-state index contributed by atoms with van der Waals surface area (Å²) in [4.78, 5) is 6.79. The molecule has 24 heavy (non-hydrogen) atoms. The molecule has 0 saturated carbocycles. The third-order valence-corrected chi connectivity index (χ3v) is 5.36. The van der Waals surface area contributed by atoms with E-state index in [2.05, 4.69) is 55.2 Å². The monoisotopic (exact) mass is 332 g/mol. The molecule has 1 aliphatic heterocycles. The van der Waals surface area contributed by atoms with Gasteiger partial charge >= 0.3 is 0 Å². The molecule has 1 atom stereocenters. The van der Waals surface area contributed by atoms with E-state index in [1.54, 1.807) is 17.6 Å². The van der Waals surface area contributed by atoms with Gasteiger partial charge in [0.1, 0.15) is 0 Å². The van der Waals surface area contributed by atoms with Crippen molar-refractivity contribution in [3.05, 3.63) is 75.1 Å². The molecule has 0 bridgehead atoms. The Kier molecular flexibility index (Phi) is 5.08. The smallest absolute Gasteiger partial charge is 0.0998 e. The van der Waals surface area contributed by atoms with Crippen molar-refractivity contribution in [1.82, 2.24) is 0 Å². The van der Waals surface area contributed by atoms with E-state index in [4.69, 9.17) is 5.26 Å². The van der Waals surface area contributed by atoms with Crippen molar-refractivity contribution in [3.63, 3.8) is 0 Å². The van der Waals surface area contributed by atoms with Gasteiger partial charge in [0.15, 0.2) is 0 Å². The summed E-state index contributed by atoms with van der Waals surface area (Å²) < 4.78 is 0. The highest BCUT2D eigenvalue weighted by molar-refractivity contribution is 7.13.